The van der Waals surface area contributed by atoms with Gasteiger partial charge in [-0.2, -0.15) is 0 Å². The highest BCUT2D eigenvalue weighted by Crippen LogP contribution is 2.25. The van der Waals surface area contributed by atoms with Gasteiger partial charge in [-0.15, -0.1) is 11.8 Å². The lowest BCUT2D eigenvalue weighted by molar-refractivity contribution is 0.0951. The number of hydrogen-bond acceptors (Lipinski definition) is 4. The van der Waals surface area contributed by atoms with Crippen molar-refractivity contribution >= 4 is 28.8 Å². The van der Waals surface area contributed by atoms with E-state index in [0.717, 1.165) is 41.1 Å². The van der Waals surface area contributed by atoms with Crippen LogP contribution >= 0.6 is 11.8 Å². The van der Waals surface area contributed by atoms with Gasteiger partial charge in [0.25, 0.3) is 5.91 Å². The summed E-state index contributed by atoms with van der Waals surface area (Å²) in [6.07, 6.45) is 4.81. The van der Waals surface area contributed by atoms with Crippen LogP contribution in [-0.2, 0) is 13.1 Å². The lowest BCUT2D eigenvalue weighted by atomic mass is 10.1. The maximum atomic E-state index is 12.8. The molecule has 6 heteroatoms. The second-order valence-electron chi connectivity index (χ2n) is 7.04. The molecule has 4 aromatic rings. The smallest absolute Gasteiger partial charge is 0.251 e. The number of carbonyl (C=O) groups excluding carboxylic acids is 1. The summed E-state index contributed by atoms with van der Waals surface area (Å²) in [6, 6.07) is 19.7. The second-order valence-corrected chi connectivity index (χ2v) is 7.92. The molecular formula is C24H24N4OS. The zero-order valence-corrected chi connectivity index (χ0v) is 17.9. The van der Waals surface area contributed by atoms with Crippen molar-refractivity contribution in [1.82, 2.24) is 19.9 Å². The molecule has 0 fully saturated rings. The van der Waals surface area contributed by atoms with Gasteiger partial charge >= 0.3 is 0 Å². The van der Waals surface area contributed by atoms with E-state index < -0.39 is 0 Å². The molecule has 0 atom stereocenters. The van der Waals surface area contributed by atoms with E-state index in [1.165, 1.54) is 4.90 Å². The van der Waals surface area contributed by atoms with Crippen molar-refractivity contribution in [3.63, 3.8) is 0 Å². The number of aromatic nitrogens is 3. The Bertz CT molecular complexity index is 1170. The monoisotopic (exact) mass is 416 g/mol. The number of fused-ring (bicyclic) bond motifs is 1. The van der Waals surface area contributed by atoms with E-state index >= 15 is 0 Å². The highest BCUT2D eigenvalue weighted by Gasteiger charge is 2.14. The van der Waals surface area contributed by atoms with Gasteiger partial charge in [-0.25, -0.2) is 9.97 Å². The molecule has 0 bridgehead atoms. The Morgan fingerprint density at radius 1 is 1.10 bits per heavy atom. The quantitative estimate of drug-likeness (QED) is 0.423. The Balaban J connectivity index is 1.57. The summed E-state index contributed by atoms with van der Waals surface area (Å²) in [7, 11) is 0. The topological polar surface area (TPSA) is 59.8 Å². The van der Waals surface area contributed by atoms with Gasteiger partial charge in [0.2, 0.25) is 0 Å². The number of pyridine rings is 1. The zero-order valence-electron chi connectivity index (χ0n) is 17.1. The van der Waals surface area contributed by atoms with E-state index in [1.54, 1.807) is 18.0 Å². The van der Waals surface area contributed by atoms with Crippen molar-refractivity contribution in [2.45, 2.75) is 31.3 Å². The average molecular weight is 417 g/mol. The van der Waals surface area contributed by atoms with Crippen LogP contribution in [0.1, 0.15) is 29.3 Å². The molecule has 0 aliphatic carbocycles. The summed E-state index contributed by atoms with van der Waals surface area (Å²) >= 11 is 1.70. The molecule has 0 saturated heterocycles. The first-order valence-corrected chi connectivity index (χ1v) is 11.2. The zero-order chi connectivity index (χ0) is 20.9. The van der Waals surface area contributed by atoms with Crippen LogP contribution < -0.4 is 5.32 Å². The maximum Gasteiger partial charge on any atom is 0.251 e. The number of thioether (sulfide) groups is 1. The van der Waals surface area contributed by atoms with Crippen molar-refractivity contribution in [3.05, 3.63) is 78.0 Å². The SMILES string of the molecule is CCCn1c(-c2cccc(C(=O)NCc3ccc(SC)cc3)c2)nc2cccnc21. The largest absolute Gasteiger partial charge is 0.348 e. The molecule has 30 heavy (non-hydrogen) atoms. The van der Waals surface area contributed by atoms with E-state index in [9.17, 15) is 4.79 Å². The van der Waals surface area contributed by atoms with Gasteiger partial charge in [-0.3, -0.25) is 4.79 Å². The highest BCUT2D eigenvalue weighted by atomic mass is 32.2. The molecule has 1 N–H and O–H groups in total. The number of nitrogens with one attached hydrogen (secondary N) is 1. The van der Waals surface area contributed by atoms with Crippen molar-refractivity contribution in [3.8, 4) is 11.4 Å². The van der Waals surface area contributed by atoms with Crippen molar-refractivity contribution < 1.29 is 4.79 Å². The van der Waals surface area contributed by atoms with Gasteiger partial charge in [-0.05, 0) is 54.6 Å². The second kappa shape index (κ2) is 9.13. The number of hydrogen-bond donors (Lipinski definition) is 1. The Kier molecular flexibility index (Phi) is 6.14. The molecule has 2 heterocycles. The molecule has 152 valence electrons. The van der Waals surface area contributed by atoms with Gasteiger partial charge in [0.15, 0.2) is 5.65 Å². The average Bonchev–Trinajstić information content (AvgIpc) is 3.17. The van der Waals surface area contributed by atoms with Crippen LogP contribution in [0.2, 0.25) is 0 Å². The van der Waals surface area contributed by atoms with Crippen LogP contribution in [0, 0.1) is 0 Å². The van der Waals surface area contributed by atoms with E-state index in [4.69, 9.17) is 4.98 Å². The van der Waals surface area contributed by atoms with E-state index in [2.05, 4.69) is 40.2 Å². The fourth-order valence-electron chi connectivity index (χ4n) is 3.44. The van der Waals surface area contributed by atoms with E-state index in [1.807, 2.05) is 48.5 Å². The lowest BCUT2D eigenvalue weighted by Crippen LogP contribution is -2.22. The number of benzene rings is 2. The fourth-order valence-corrected chi connectivity index (χ4v) is 3.85. The van der Waals surface area contributed by atoms with E-state index in [-0.39, 0.29) is 5.91 Å². The number of carbonyl (C=O) groups is 1. The third kappa shape index (κ3) is 4.24. The molecule has 1 amide bonds. The minimum atomic E-state index is -0.0953. The minimum absolute atomic E-state index is 0.0953. The van der Waals surface area contributed by atoms with Gasteiger partial charge in [0, 0.05) is 35.3 Å². The predicted molar refractivity (Wildman–Crippen MR) is 123 cm³/mol. The summed E-state index contributed by atoms with van der Waals surface area (Å²) < 4.78 is 2.12. The van der Waals surface area contributed by atoms with Gasteiger partial charge < -0.3 is 9.88 Å². The summed E-state index contributed by atoms with van der Waals surface area (Å²) in [5.74, 6) is 0.745. The Hall–Kier alpha value is -3.12. The summed E-state index contributed by atoms with van der Waals surface area (Å²) in [4.78, 5) is 23.2. The molecule has 0 spiro atoms. The van der Waals surface area contributed by atoms with Crippen molar-refractivity contribution in [2.75, 3.05) is 6.26 Å². The normalized spacial score (nSPS) is 11.0. The van der Waals surface area contributed by atoms with Gasteiger partial charge in [0.1, 0.15) is 11.3 Å². The molecule has 2 aromatic carbocycles. The maximum absolute atomic E-state index is 12.8. The lowest BCUT2D eigenvalue weighted by Gasteiger charge is -2.09. The third-order valence-electron chi connectivity index (χ3n) is 4.95. The summed E-state index contributed by atoms with van der Waals surface area (Å²) in [6.45, 7) is 3.45. The summed E-state index contributed by atoms with van der Waals surface area (Å²) in [5.41, 5.74) is 4.35. The molecule has 2 aromatic heterocycles. The molecular weight excluding hydrogens is 392 g/mol. The molecule has 0 saturated carbocycles. The van der Waals surface area contributed by atoms with Crippen LogP contribution in [0.15, 0.2) is 71.8 Å². The van der Waals surface area contributed by atoms with Crippen molar-refractivity contribution in [1.29, 1.82) is 0 Å². The molecule has 5 nitrogen and oxygen atoms in total. The molecule has 0 unspecified atom stereocenters. The molecule has 4 rings (SSSR count). The fraction of sp³-hybridized carbons (Fsp3) is 0.208. The first kappa shape index (κ1) is 20.2. The van der Waals surface area contributed by atoms with E-state index in [0.29, 0.717) is 12.1 Å². The number of rotatable bonds is 7. The number of aryl methyl sites for hydroxylation is 1. The van der Waals surface area contributed by atoms with Crippen LogP contribution in [0.3, 0.4) is 0 Å². The number of amides is 1. The number of imidazole rings is 1. The van der Waals surface area contributed by atoms with Crippen LogP contribution in [-0.4, -0.2) is 26.7 Å². The highest BCUT2D eigenvalue weighted by molar-refractivity contribution is 7.98. The number of nitrogens with zero attached hydrogens (tertiary/aromatic N) is 3. The Morgan fingerprint density at radius 2 is 1.93 bits per heavy atom. The van der Waals surface area contributed by atoms with Crippen LogP contribution in [0.5, 0.6) is 0 Å². The molecule has 0 radical (unpaired) electrons. The van der Waals surface area contributed by atoms with Crippen LogP contribution in [0.4, 0.5) is 0 Å². The molecule has 0 aliphatic rings. The van der Waals surface area contributed by atoms with Gasteiger partial charge in [0.05, 0.1) is 0 Å². The van der Waals surface area contributed by atoms with Gasteiger partial charge in [-0.1, -0.05) is 31.2 Å². The summed E-state index contributed by atoms with van der Waals surface area (Å²) in [5, 5.41) is 3.01. The molecule has 0 aliphatic heterocycles. The first-order valence-electron chi connectivity index (χ1n) is 10.0. The van der Waals surface area contributed by atoms with Crippen LogP contribution in [0.25, 0.3) is 22.6 Å². The Labute approximate surface area is 180 Å². The third-order valence-corrected chi connectivity index (χ3v) is 5.69. The minimum Gasteiger partial charge on any atom is -0.348 e. The Morgan fingerprint density at radius 3 is 2.70 bits per heavy atom. The first-order chi connectivity index (χ1) is 14.7. The van der Waals surface area contributed by atoms with Crippen molar-refractivity contribution in [2.24, 2.45) is 0 Å². The predicted octanol–water partition coefficient (Wildman–Crippen LogP) is 5.16. The standard InChI is InChI=1S/C24H24N4OS/c1-3-14-28-22(27-21-8-5-13-25-23(21)28)18-6-4-7-19(15-18)24(29)26-16-17-9-11-20(30-2)12-10-17/h4-13,15H,3,14,16H2,1-2H3,(H,26,29).